The molecule has 0 aliphatic heterocycles. The second-order valence-electron chi connectivity index (χ2n) is 6.25. The van der Waals surface area contributed by atoms with Crippen molar-refractivity contribution >= 4 is 26.0 Å². The summed E-state index contributed by atoms with van der Waals surface area (Å²) in [7, 11) is -3.24. The van der Waals surface area contributed by atoms with Gasteiger partial charge in [-0.1, -0.05) is 66.0 Å². The van der Waals surface area contributed by atoms with Crippen LogP contribution in [0.1, 0.15) is 44.1 Å². The summed E-state index contributed by atoms with van der Waals surface area (Å²) < 4.78 is 27.4. The summed E-state index contributed by atoms with van der Waals surface area (Å²) in [6.45, 7) is 2.52. The SMILES string of the molecule is CC(CS(=O)(=O)NCC1(CBr)CCCC1)c1ccccc1. The second kappa shape index (κ2) is 7.25. The maximum absolute atomic E-state index is 12.3. The van der Waals surface area contributed by atoms with Gasteiger partial charge in [0.15, 0.2) is 0 Å². The number of rotatable bonds is 7. The van der Waals surface area contributed by atoms with Crippen LogP contribution in [0.5, 0.6) is 0 Å². The molecule has 1 saturated carbocycles. The summed E-state index contributed by atoms with van der Waals surface area (Å²) in [6.07, 6.45) is 4.62. The molecule has 3 nitrogen and oxygen atoms in total. The predicted molar refractivity (Wildman–Crippen MR) is 91.3 cm³/mol. The Kier molecular flexibility index (Phi) is 5.86. The Morgan fingerprint density at radius 2 is 1.86 bits per heavy atom. The van der Waals surface area contributed by atoms with E-state index in [0.29, 0.717) is 6.54 Å². The van der Waals surface area contributed by atoms with Crippen LogP contribution in [-0.2, 0) is 10.0 Å². The molecule has 1 aliphatic carbocycles. The number of sulfonamides is 1. The highest BCUT2D eigenvalue weighted by atomic mass is 79.9. The maximum atomic E-state index is 12.3. The molecule has 21 heavy (non-hydrogen) atoms. The molecule has 1 atom stereocenters. The first-order valence-electron chi connectivity index (χ1n) is 7.55. The normalized spacial score (nSPS) is 19.5. The van der Waals surface area contributed by atoms with Crippen molar-refractivity contribution in [3.63, 3.8) is 0 Å². The van der Waals surface area contributed by atoms with Gasteiger partial charge in [0, 0.05) is 11.9 Å². The summed E-state index contributed by atoms with van der Waals surface area (Å²) in [6, 6.07) is 9.81. The van der Waals surface area contributed by atoms with Crippen LogP contribution < -0.4 is 4.72 Å². The third-order valence-electron chi connectivity index (χ3n) is 4.45. The van der Waals surface area contributed by atoms with Crippen LogP contribution in [0.3, 0.4) is 0 Å². The van der Waals surface area contributed by atoms with E-state index in [-0.39, 0.29) is 17.1 Å². The van der Waals surface area contributed by atoms with Crippen molar-refractivity contribution in [2.45, 2.75) is 38.5 Å². The molecule has 0 amide bonds. The fourth-order valence-corrected chi connectivity index (χ4v) is 5.27. The summed E-state index contributed by atoms with van der Waals surface area (Å²) in [5.74, 6) is 0.155. The van der Waals surface area contributed by atoms with Crippen molar-refractivity contribution < 1.29 is 8.42 Å². The van der Waals surface area contributed by atoms with Gasteiger partial charge in [0.1, 0.15) is 0 Å². The molecule has 5 heteroatoms. The Bertz CT molecular complexity index is 539. The number of hydrogen-bond acceptors (Lipinski definition) is 2. The fraction of sp³-hybridized carbons (Fsp3) is 0.625. The van der Waals surface area contributed by atoms with E-state index in [1.807, 2.05) is 37.3 Å². The first-order valence-corrected chi connectivity index (χ1v) is 10.3. The highest BCUT2D eigenvalue weighted by Gasteiger charge is 2.34. The number of hydrogen-bond donors (Lipinski definition) is 1. The lowest BCUT2D eigenvalue weighted by molar-refractivity contribution is 0.347. The standard InChI is InChI=1S/C16H24BrNO2S/c1-14(15-7-3-2-4-8-15)11-21(19,20)18-13-16(12-17)9-5-6-10-16/h2-4,7-8,14,18H,5-6,9-13H2,1H3. The summed E-state index contributed by atoms with van der Waals surface area (Å²) in [5, 5.41) is 0.872. The lowest BCUT2D eigenvalue weighted by atomic mass is 9.89. The summed E-state index contributed by atoms with van der Waals surface area (Å²) >= 11 is 3.55. The lowest BCUT2D eigenvalue weighted by Crippen LogP contribution is -2.38. The summed E-state index contributed by atoms with van der Waals surface area (Å²) in [5.41, 5.74) is 1.18. The van der Waals surface area contributed by atoms with E-state index in [0.717, 1.165) is 23.7 Å². The van der Waals surface area contributed by atoms with Crippen molar-refractivity contribution in [3.05, 3.63) is 35.9 Å². The van der Waals surface area contributed by atoms with Crippen LogP contribution in [-0.4, -0.2) is 26.0 Å². The number of alkyl halides is 1. The first-order chi connectivity index (χ1) is 9.96. The van der Waals surface area contributed by atoms with E-state index in [2.05, 4.69) is 20.7 Å². The van der Waals surface area contributed by atoms with Gasteiger partial charge in [-0.05, 0) is 29.7 Å². The van der Waals surface area contributed by atoms with Gasteiger partial charge in [-0.25, -0.2) is 13.1 Å². The van der Waals surface area contributed by atoms with Gasteiger partial charge in [0.05, 0.1) is 5.75 Å². The van der Waals surface area contributed by atoms with Crippen LogP contribution in [0.25, 0.3) is 0 Å². The van der Waals surface area contributed by atoms with Gasteiger partial charge >= 0.3 is 0 Å². The Morgan fingerprint density at radius 3 is 2.43 bits per heavy atom. The highest BCUT2D eigenvalue weighted by Crippen LogP contribution is 2.39. The Morgan fingerprint density at radius 1 is 1.24 bits per heavy atom. The third-order valence-corrected chi connectivity index (χ3v) is 7.17. The minimum absolute atomic E-state index is 0.00667. The van der Waals surface area contributed by atoms with Gasteiger partial charge in [0.25, 0.3) is 0 Å². The Labute approximate surface area is 136 Å². The smallest absolute Gasteiger partial charge is 0.212 e. The monoisotopic (exact) mass is 373 g/mol. The van der Waals surface area contributed by atoms with E-state index in [1.54, 1.807) is 0 Å². The zero-order chi connectivity index (χ0) is 15.3. The topological polar surface area (TPSA) is 46.2 Å². The molecule has 1 aromatic carbocycles. The second-order valence-corrected chi connectivity index (χ2v) is 8.67. The molecule has 1 aromatic rings. The molecule has 1 unspecified atom stereocenters. The fourth-order valence-electron chi connectivity index (χ4n) is 3.01. The molecule has 0 saturated heterocycles. The van der Waals surface area contributed by atoms with Crippen LogP contribution in [0, 0.1) is 5.41 Å². The molecule has 1 aliphatic rings. The van der Waals surface area contributed by atoms with Crippen LogP contribution in [0.4, 0.5) is 0 Å². The van der Waals surface area contributed by atoms with Crippen molar-refractivity contribution in [1.29, 1.82) is 0 Å². The Hall–Kier alpha value is -0.390. The van der Waals surface area contributed by atoms with Gasteiger partial charge in [-0.3, -0.25) is 0 Å². The molecule has 118 valence electrons. The third kappa shape index (κ3) is 4.80. The molecule has 0 bridgehead atoms. The Balaban J connectivity index is 1.93. The van der Waals surface area contributed by atoms with E-state index < -0.39 is 10.0 Å². The van der Waals surface area contributed by atoms with Crippen molar-refractivity contribution in [2.24, 2.45) is 5.41 Å². The van der Waals surface area contributed by atoms with Gasteiger partial charge in [-0.15, -0.1) is 0 Å². The van der Waals surface area contributed by atoms with Crippen LogP contribution in [0.15, 0.2) is 30.3 Å². The molecule has 0 radical (unpaired) electrons. The molecule has 0 heterocycles. The molecular weight excluding hydrogens is 350 g/mol. The molecule has 0 aromatic heterocycles. The minimum atomic E-state index is -3.24. The number of nitrogens with one attached hydrogen (secondary N) is 1. The van der Waals surface area contributed by atoms with E-state index in [1.165, 1.54) is 12.8 Å². The quantitative estimate of drug-likeness (QED) is 0.741. The average Bonchev–Trinajstić information content (AvgIpc) is 2.95. The molecule has 1 N–H and O–H groups in total. The molecular formula is C16H24BrNO2S. The first kappa shape index (κ1) is 17.0. The lowest BCUT2D eigenvalue weighted by Gasteiger charge is -2.27. The molecule has 0 spiro atoms. The zero-order valence-corrected chi connectivity index (χ0v) is 14.9. The maximum Gasteiger partial charge on any atom is 0.212 e. The molecule has 2 rings (SSSR count). The van der Waals surface area contributed by atoms with Gasteiger partial charge in [-0.2, -0.15) is 0 Å². The zero-order valence-electron chi connectivity index (χ0n) is 12.5. The van der Waals surface area contributed by atoms with E-state index in [4.69, 9.17) is 0 Å². The van der Waals surface area contributed by atoms with Crippen LogP contribution in [0.2, 0.25) is 0 Å². The van der Waals surface area contributed by atoms with Crippen molar-refractivity contribution in [3.8, 4) is 0 Å². The van der Waals surface area contributed by atoms with E-state index >= 15 is 0 Å². The minimum Gasteiger partial charge on any atom is -0.215 e. The largest absolute Gasteiger partial charge is 0.215 e. The van der Waals surface area contributed by atoms with E-state index in [9.17, 15) is 8.42 Å². The number of halogens is 1. The van der Waals surface area contributed by atoms with Crippen LogP contribution >= 0.6 is 15.9 Å². The van der Waals surface area contributed by atoms with Gasteiger partial charge < -0.3 is 0 Å². The van der Waals surface area contributed by atoms with Crippen molar-refractivity contribution in [1.82, 2.24) is 4.72 Å². The van der Waals surface area contributed by atoms with Gasteiger partial charge in [0.2, 0.25) is 10.0 Å². The average molecular weight is 374 g/mol. The highest BCUT2D eigenvalue weighted by molar-refractivity contribution is 9.09. The molecule has 1 fully saturated rings. The number of benzene rings is 1. The predicted octanol–water partition coefficient (Wildman–Crippen LogP) is 3.66. The van der Waals surface area contributed by atoms with Crippen molar-refractivity contribution in [2.75, 3.05) is 17.6 Å². The summed E-state index contributed by atoms with van der Waals surface area (Å²) in [4.78, 5) is 0.